The summed E-state index contributed by atoms with van der Waals surface area (Å²) in [6.45, 7) is 0. The number of nitrogens with zero attached hydrogens (tertiary/aromatic N) is 1. The maximum Gasteiger partial charge on any atom is 0.124 e. The first-order chi connectivity index (χ1) is 8.25. The number of phenols is 1. The van der Waals surface area contributed by atoms with E-state index in [1.54, 1.807) is 24.4 Å². The molecule has 17 heavy (non-hydrogen) atoms. The molecule has 0 saturated heterocycles. The van der Waals surface area contributed by atoms with Crippen molar-refractivity contribution in [3.05, 3.63) is 58.6 Å². The van der Waals surface area contributed by atoms with Gasteiger partial charge in [0.15, 0.2) is 0 Å². The van der Waals surface area contributed by atoms with Crippen LogP contribution in [0.1, 0.15) is 5.56 Å². The maximum absolute atomic E-state index is 9.52. The lowest BCUT2D eigenvalue weighted by Gasteiger charge is -2.00. The standard InChI is InChI=1S/C13H11BrN2O/c14-11-5-7-12(8-6-11)16-15-9-10-3-1-2-4-13(10)17/h1-9,16-17H. The summed E-state index contributed by atoms with van der Waals surface area (Å²) in [5, 5.41) is 13.6. The summed E-state index contributed by atoms with van der Waals surface area (Å²) in [5.74, 6) is 0.217. The quantitative estimate of drug-likeness (QED) is 0.670. The van der Waals surface area contributed by atoms with Gasteiger partial charge in [0.05, 0.1) is 11.9 Å². The van der Waals surface area contributed by atoms with Gasteiger partial charge in [-0.3, -0.25) is 5.43 Å². The van der Waals surface area contributed by atoms with Gasteiger partial charge in [0.1, 0.15) is 5.75 Å². The van der Waals surface area contributed by atoms with E-state index in [1.165, 1.54) is 0 Å². The van der Waals surface area contributed by atoms with Crippen LogP contribution in [-0.2, 0) is 0 Å². The van der Waals surface area contributed by atoms with E-state index in [9.17, 15) is 5.11 Å². The van der Waals surface area contributed by atoms with E-state index in [-0.39, 0.29) is 5.75 Å². The molecule has 2 N–H and O–H groups in total. The lowest BCUT2D eigenvalue weighted by atomic mass is 10.2. The maximum atomic E-state index is 9.52. The minimum atomic E-state index is 0.217. The molecule has 0 atom stereocenters. The summed E-state index contributed by atoms with van der Waals surface area (Å²) in [5.41, 5.74) is 4.45. The molecule has 2 rings (SSSR count). The number of phenolic OH excluding ortho intramolecular Hbond substituents is 1. The Labute approximate surface area is 108 Å². The van der Waals surface area contributed by atoms with Gasteiger partial charge in [-0.25, -0.2) is 0 Å². The van der Waals surface area contributed by atoms with Gasteiger partial charge in [0.2, 0.25) is 0 Å². The average molecular weight is 291 g/mol. The van der Waals surface area contributed by atoms with Crippen LogP contribution in [-0.4, -0.2) is 11.3 Å². The zero-order valence-electron chi connectivity index (χ0n) is 8.97. The number of halogens is 1. The minimum Gasteiger partial charge on any atom is -0.507 e. The van der Waals surface area contributed by atoms with Gasteiger partial charge >= 0.3 is 0 Å². The molecular formula is C13H11BrN2O. The number of aromatic hydroxyl groups is 1. The van der Waals surface area contributed by atoms with Crippen molar-refractivity contribution in [1.29, 1.82) is 0 Å². The molecule has 0 aromatic heterocycles. The number of hydrazone groups is 1. The van der Waals surface area contributed by atoms with Gasteiger partial charge < -0.3 is 5.11 Å². The summed E-state index contributed by atoms with van der Waals surface area (Å²) in [7, 11) is 0. The minimum absolute atomic E-state index is 0.217. The van der Waals surface area contributed by atoms with Crippen molar-refractivity contribution >= 4 is 27.8 Å². The van der Waals surface area contributed by atoms with Gasteiger partial charge in [-0.2, -0.15) is 5.10 Å². The fourth-order valence-corrected chi connectivity index (χ4v) is 1.56. The SMILES string of the molecule is Oc1ccccc1C=NNc1ccc(Br)cc1. The third kappa shape index (κ3) is 3.32. The predicted octanol–water partition coefficient (Wildman–Crippen LogP) is 3.60. The van der Waals surface area contributed by atoms with Crippen molar-refractivity contribution in [2.45, 2.75) is 0 Å². The lowest BCUT2D eigenvalue weighted by Crippen LogP contribution is -1.90. The molecule has 0 spiro atoms. The molecular weight excluding hydrogens is 280 g/mol. The Morgan fingerprint density at radius 3 is 2.47 bits per heavy atom. The van der Waals surface area contributed by atoms with Crippen LogP contribution in [0.4, 0.5) is 5.69 Å². The lowest BCUT2D eigenvalue weighted by molar-refractivity contribution is 0.474. The molecule has 0 bridgehead atoms. The van der Waals surface area contributed by atoms with Crippen molar-refractivity contribution in [2.24, 2.45) is 5.10 Å². The number of nitrogens with one attached hydrogen (secondary N) is 1. The van der Waals surface area contributed by atoms with E-state index in [0.717, 1.165) is 10.2 Å². The first-order valence-corrected chi connectivity index (χ1v) is 5.87. The smallest absolute Gasteiger partial charge is 0.124 e. The van der Waals surface area contributed by atoms with E-state index < -0.39 is 0 Å². The number of anilines is 1. The molecule has 4 heteroatoms. The molecule has 0 radical (unpaired) electrons. The van der Waals surface area contributed by atoms with Crippen LogP contribution < -0.4 is 5.43 Å². The van der Waals surface area contributed by atoms with E-state index in [1.807, 2.05) is 30.3 Å². The Hall–Kier alpha value is -1.81. The average Bonchev–Trinajstić information content (AvgIpc) is 2.34. The predicted molar refractivity (Wildman–Crippen MR) is 73.5 cm³/mol. The molecule has 0 aliphatic heterocycles. The molecule has 0 heterocycles. The highest BCUT2D eigenvalue weighted by Crippen LogP contribution is 2.15. The summed E-state index contributed by atoms with van der Waals surface area (Å²) in [6.07, 6.45) is 1.58. The van der Waals surface area contributed by atoms with Crippen LogP contribution in [0, 0.1) is 0 Å². The first kappa shape index (κ1) is 11.7. The van der Waals surface area contributed by atoms with E-state index in [4.69, 9.17) is 0 Å². The summed E-state index contributed by atoms with van der Waals surface area (Å²) in [6, 6.07) is 14.7. The fraction of sp³-hybridized carbons (Fsp3) is 0. The number of para-hydroxylation sites is 1. The van der Waals surface area contributed by atoms with Gasteiger partial charge in [-0.05, 0) is 36.4 Å². The second-order valence-electron chi connectivity index (χ2n) is 3.44. The molecule has 2 aromatic rings. The van der Waals surface area contributed by atoms with Gasteiger partial charge in [-0.15, -0.1) is 0 Å². The van der Waals surface area contributed by atoms with Crippen molar-refractivity contribution < 1.29 is 5.11 Å². The van der Waals surface area contributed by atoms with Gasteiger partial charge in [0.25, 0.3) is 0 Å². The Morgan fingerprint density at radius 1 is 1.06 bits per heavy atom. The molecule has 2 aromatic carbocycles. The zero-order valence-corrected chi connectivity index (χ0v) is 10.6. The monoisotopic (exact) mass is 290 g/mol. The molecule has 3 nitrogen and oxygen atoms in total. The van der Waals surface area contributed by atoms with Gasteiger partial charge in [0, 0.05) is 10.0 Å². The Bertz CT molecular complexity index is 523. The molecule has 0 amide bonds. The van der Waals surface area contributed by atoms with Crippen LogP contribution in [0.2, 0.25) is 0 Å². The highest BCUT2D eigenvalue weighted by molar-refractivity contribution is 9.10. The molecule has 86 valence electrons. The normalized spacial score (nSPS) is 10.6. The van der Waals surface area contributed by atoms with Crippen molar-refractivity contribution in [3.63, 3.8) is 0 Å². The van der Waals surface area contributed by atoms with Crippen molar-refractivity contribution in [2.75, 3.05) is 5.43 Å². The van der Waals surface area contributed by atoms with E-state index >= 15 is 0 Å². The number of hydrogen-bond donors (Lipinski definition) is 2. The van der Waals surface area contributed by atoms with Crippen LogP contribution in [0.15, 0.2) is 58.1 Å². The molecule has 0 aliphatic rings. The first-order valence-electron chi connectivity index (χ1n) is 5.08. The van der Waals surface area contributed by atoms with Crippen molar-refractivity contribution in [1.82, 2.24) is 0 Å². The highest BCUT2D eigenvalue weighted by Gasteiger charge is 1.94. The van der Waals surface area contributed by atoms with Gasteiger partial charge in [-0.1, -0.05) is 28.1 Å². The Morgan fingerprint density at radius 2 is 1.76 bits per heavy atom. The molecule has 0 fully saturated rings. The summed E-state index contributed by atoms with van der Waals surface area (Å²) in [4.78, 5) is 0. The number of benzene rings is 2. The third-order valence-electron chi connectivity index (χ3n) is 2.18. The largest absolute Gasteiger partial charge is 0.507 e. The molecule has 0 aliphatic carbocycles. The topological polar surface area (TPSA) is 44.6 Å². The number of rotatable bonds is 3. The Kier molecular flexibility index (Phi) is 3.77. The molecule has 0 saturated carbocycles. The molecule has 0 unspecified atom stereocenters. The summed E-state index contributed by atoms with van der Waals surface area (Å²) >= 11 is 3.36. The second-order valence-corrected chi connectivity index (χ2v) is 4.35. The van der Waals surface area contributed by atoms with Crippen LogP contribution in [0.3, 0.4) is 0 Å². The fourth-order valence-electron chi connectivity index (χ4n) is 1.30. The highest BCUT2D eigenvalue weighted by atomic mass is 79.9. The van der Waals surface area contributed by atoms with Crippen LogP contribution in [0.5, 0.6) is 5.75 Å². The second kappa shape index (κ2) is 5.50. The Balaban J connectivity index is 2.03. The zero-order chi connectivity index (χ0) is 12.1. The van der Waals surface area contributed by atoms with E-state index in [2.05, 4.69) is 26.5 Å². The van der Waals surface area contributed by atoms with Crippen molar-refractivity contribution in [3.8, 4) is 5.75 Å². The summed E-state index contributed by atoms with van der Waals surface area (Å²) < 4.78 is 1.02. The van der Waals surface area contributed by atoms with E-state index in [0.29, 0.717) is 5.56 Å². The third-order valence-corrected chi connectivity index (χ3v) is 2.71. The van der Waals surface area contributed by atoms with Crippen LogP contribution in [0.25, 0.3) is 0 Å². The van der Waals surface area contributed by atoms with Crippen LogP contribution >= 0.6 is 15.9 Å². The number of hydrogen-bond acceptors (Lipinski definition) is 3.